The van der Waals surface area contributed by atoms with Gasteiger partial charge in [0.15, 0.2) is 0 Å². The van der Waals surface area contributed by atoms with E-state index in [1.54, 1.807) is 0 Å². The number of carbonyl (C=O) groups is 1. The summed E-state index contributed by atoms with van der Waals surface area (Å²) in [6.45, 7) is 1.98. The van der Waals surface area contributed by atoms with Crippen molar-refractivity contribution in [3.8, 4) is 0 Å². The first-order chi connectivity index (χ1) is 9.59. The Morgan fingerprint density at radius 1 is 1.05 bits per heavy atom. The van der Waals surface area contributed by atoms with Crippen molar-refractivity contribution in [2.45, 2.75) is 12.0 Å². The molecule has 3 nitrogen and oxygen atoms in total. The van der Waals surface area contributed by atoms with Crippen molar-refractivity contribution in [1.29, 1.82) is 0 Å². The molecule has 0 bridgehead atoms. The standard InChI is InChI=1S/C16H12ClNO2/c1-11-7-9-13(10-8-11)16(17)14(18-15(19)20-16)12-5-3-2-4-6-12/h2-10H,1H3. The molecule has 2 aromatic rings. The minimum absolute atomic E-state index is 0.425. The van der Waals surface area contributed by atoms with Crippen LogP contribution >= 0.6 is 11.6 Å². The highest BCUT2D eigenvalue weighted by molar-refractivity contribution is 6.40. The Balaban J connectivity index is 2.10. The van der Waals surface area contributed by atoms with E-state index >= 15 is 0 Å². The lowest BCUT2D eigenvalue weighted by atomic mass is 9.98. The van der Waals surface area contributed by atoms with Crippen LogP contribution in [0.5, 0.6) is 0 Å². The Morgan fingerprint density at radius 2 is 1.70 bits per heavy atom. The maximum Gasteiger partial charge on any atom is 0.436 e. The summed E-state index contributed by atoms with van der Waals surface area (Å²) < 4.78 is 5.26. The molecule has 0 spiro atoms. The zero-order valence-electron chi connectivity index (χ0n) is 10.8. The molecule has 0 saturated heterocycles. The average molecular weight is 286 g/mol. The molecule has 0 aliphatic carbocycles. The number of amides is 1. The molecule has 100 valence electrons. The van der Waals surface area contributed by atoms with Crippen LogP contribution in [0.4, 0.5) is 4.79 Å². The van der Waals surface area contributed by atoms with Crippen molar-refractivity contribution >= 4 is 23.4 Å². The lowest BCUT2D eigenvalue weighted by molar-refractivity contribution is 0.130. The molecule has 1 atom stereocenters. The number of aliphatic imine (C=N–C) groups is 1. The summed E-state index contributed by atoms with van der Waals surface area (Å²) in [4.78, 5) is 15.5. The van der Waals surface area contributed by atoms with Crippen LogP contribution in [0, 0.1) is 6.92 Å². The van der Waals surface area contributed by atoms with Gasteiger partial charge in [-0.25, -0.2) is 4.79 Å². The fraction of sp³-hybridized carbons (Fsp3) is 0.125. The van der Waals surface area contributed by atoms with Gasteiger partial charge in [0, 0.05) is 11.1 Å². The fourth-order valence-electron chi connectivity index (χ4n) is 2.16. The number of alkyl halides is 1. The Kier molecular flexibility index (Phi) is 3.07. The number of carbonyl (C=O) groups excluding carboxylic acids is 1. The van der Waals surface area contributed by atoms with Gasteiger partial charge in [-0.05, 0) is 6.92 Å². The third-order valence-corrected chi connectivity index (χ3v) is 3.68. The maximum atomic E-state index is 11.6. The molecule has 0 aromatic heterocycles. The van der Waals surface area contributed by atoms with Crippen LogP contribution < -0.4 is 0 Å². The summed E-state index contributed by atoms with van der Waals surface area (Å²) in [6.07, 6.45) is -0.667. The SMILES string of the molecule is Cc1ccc(C2(Cl)OC(=O)N=C2c2ccccc2)cc1. The quantitative estimate of drug-likeness (QED) is 0.782. The molecule has 1 amide bonds. The van der Waals surface area contributed by atoms with E-state index in [9.17, 15) is 4.79 Å². The highest BCUT2D eigenvalue weighted by Crippen LogP contribution is 2.39. The van der Waals surface area contributed by atoms with Crippen LogP contribution in [0.2, 0.25) is 0 Å². The van der Waals surface area contributed by atoms with Crippen molar-refractivity contribution in [2.75, 3.05) is 0 Å². The van der Waals surface area contributed by atoms with Crippen LogP contribution in [0.3, 0.4) is 0 Å². The first kappa shape index (κ1) is 12.9. The number of benzene rings is 2. The van der Waals surface area contributed by atoms with Gasteiger partial charge < -0.3 is 4.74 Å². The van der Waals surface area contributed by atoms with E-state index in [-0.39, 0.29) is 0 Å². The summed E-state index contributed by atoms with van der Waals surface area (Å²) in [7, 11) is 0. The minimum Gasteiger partial charge on any atom is -0.415 e. The Bertz CT molecular complexity index is 679. The lowest BCUT2D eigenvalue weighted by Gasteiger charge is -2.22. The highest BCUT2D eigenvalue weighted by Gasteiger charge is 2.45. The van der Waals surface area contributed by atoms with E-state index in [4.69, 9.17) is 16.3 Å². The second kappa shape index (κ2) is 4.76. The molecule has 0 fully saturated rings. The number of aryl methyl sites for hydroxylation is 1. The van der Waals surface area contributed by atoms with Crippen LogP contribution in [0.15, 0.2) is 59.6 Å². The van der Waals surface area contributed by atoms with Gasteiger partial charge in [-0.1, -0.05) is 71.8 Å². The van der Waals surface area contributed by atoms with E-state index in [1.165, 1.54) is 0 Å². The summed E-state index contributed by atoms with van der Waals surface area (Å²) in [6, 6.07) is 16.9. The molecule has 1 unspecified atom stereocenters. The van der Waals surface area contributed by atoms with E-state index < -0.39 is 11.2 Å². The molecule has 20 heavy (non-hydrogen) atoms. The molecule has 0 radical (unpaired) electrons. The van der Waals surface area contributed by atoms with E-state index in [2.05, 4.69) is 4.99 Å². The summed E-state index contributed by atoms with van der Waals surface area (Å²) in [5, 5.41) is -1.36. The Labute approximate surface area is 121 Å². The molecule has 3 rings (SSSR count). The monoisotopic (exact) mass is 285 g/mol. The van der Waals surface area contributed by atoms with Crippen molar-refractivity contribution in [1.82, 2.24) is 0 Å². The van der Waals surface area contributed by atoms with Crippen molar-refractivity contribution < 1.29 is 9.53 Å². The second-order valence-corrected chi connectivity index (χ2v) is 5.19. The van der Waals surface area contributed by atoms with Gasteiger partial charge in [-0.3, -0.25) is 0 Å². The predicted octanol–water partition coefficient (Wildman–Crippen LogP) is 4.03. The van der Waals surface area contributed by atoms with Gasteiger partial charge in [0.1, 0.15) is 5.71 Å². The number of rotatable bonds is 2. The molecule has 4 heteroatoms. The smallest absolute Gasteiger partial charge is 0.415 e. The number of halogens is 1. The average Bonchev–Trinajstić information content (AvgIpc) is 2.77. The predicted molar refractivity (Wildman–Crippen MR) is 78.2 cm³/mol. The van der Waals surface area contributed by atoms with Crippen LogP contribution in [0.1, 0.15) is 16.7 Å². The first-order valence-corrected chi connectivity index (χ1v) is 6.61. The highest BCUT2D eigenvalue weighted by atomic mass is 35.5. The van der Waals surface area contributed by atoms with Gasteiger partial charge in [0.25, 0.3) is 5.06 Å². The van der Waals surface area contributed by atoms with Crippen molar-refractivity contribution in [3.05, 3.63) is 71.3 Å². The third kappa shape index (κ3) is 2.10. The zero-order valence-corrected chi connectivity index (χ0v) is 11.6. The molecule has 0 N–H and O–H groups in total. The van der Waals surface area contributed by atoms with E-state index in [1.807, 2.05) is 61.5 Å². The topological polar surface area (TPSA) is 38.7 Å². The number of ether oxygens (including phenoxy) is 1. The number of nitrogens with zero attached hydrogens (tertiary/aromatic N) is 1. The summed E-state index contributed by atoms with van der Waals surface area (Å²) in [5.74, 6) is 0. The first-order valence-electron chi connectivity index (χ1n) is 6.23. The van der Waals surface area contributed by atoms with E-state index in [0.717, 1.165) is 11.1 Å². The van der Waals surface area contributed by atoms with Crippen molar-refractivity contribution in [3.63, 3.8) is 0 Å². The molecule has 0 saturated carbocycles. The van der Waals surface area contributed by atoms with Gasteiger partial charge in [-0.2, -0.15) is 4.99 Å². The normalized spacial score (nSPS) is 21.5. The van der Waals surface area contributed by atoms with Gasteiger partial charge in [0.2, 0.25) is 0 Å². The van der Waals surface area contributed by atoms with Crippen LogP contribution in [0.25, 0.3) is 0 Å². The molecule has 1 aliphatic heterocycles. The third-order valence-electron chi connectivity index (χ3n) is 3.21. The minimum atomic E-state index is -1.36. The Morgan fingerprint density at radius 3 is 2.35 bits per heavy atom. The molecular weight excluding hydrogens is 274 g/mol. The summed E-state index contributed by atoms with van der Waals surface area (Å²) >= 11 is 6.57. The van der Waals surface area contributed by atoms with Crippen LogP contribution in [-0.2, 0) is 9.80 Å². The van der Waals surface area contributed by atoms with Crippen LogP contribution in [-0.4, -0.2) is 11.8 Å². The van der Waals surface area contributed by atoms with E-state index in [0.29, 0.717) is 11.3 Å². The molecular formula is C16H12ClNO2. The van der Waals surface area contributed by atoms with Gasteiger partial charge in [0.05, 0.1) is 0 Å². The fourth-order valence-corrected chi connectivity index (χ4v) is 2.51. The van der Waals surface area contributed by atoms with Crippen molar-refractivity contribution in [2.24, 2.45) is 4.99 Å². The number of hydrogen-bond acceptors (Lipinski definition) is 2. The van der Waals surface area contributed by atoms with Gasteiger partial charge >= 0.3 is 6.09 Å². The zero-order chi connectivity index (χ0) is 14.2. The lowest BCUT2D eigenvalue weighted by Crippen LogP contribution is -2.29. The molecule has 2 aromatic carbocycles. The molecule has 1 heterocycles. The number of hydrogen-bond donors (Lipinski definition) is 0. The van der Waals surface area contributed by atoms with Gasteiger partial charge in [-0.15, -0.1) is 0 Å². The molecule has 1 aliphatic rings. The second-order valence-electron chi connectivity index (χ2n) is 4.66. The maximum absolute atomic E-state index is 11.6. The Hall–Kier alpha value is -2.13. The largest absolute Gasteiger partial charge is 0.436 e. The number of cyclic esters (lactones) is 1. The summed E-state index contributed by atoms with van der Waals surface area (Å²) in [5.41, 5.74) is 3.00.